The first-order valence-corrected chi connectivity index (χ1v) is 6.48. The molecule has 0 saturated heterocycles. The summed E-state index contributed by atoms with van der Waals surface area (Å²) < 4.78 is 2.03. The molecular weight excluding hydrogens is 212 g/mol. The molecule has 3 heteroatoms. The molecule has 17 heavy (non-hydrogen) atoms. The first-order chi connectivity index (χ1) is 8.11. The highest BCUT2D eigenvalue weighted by atomic mass is 16.3. The third-order valence-corrected chi connectivity index (χ3v) is 3.63. The van der Waals surface area contributed by atoms with E-state index < -0.39 is 6.10 Å². The Kier molecular flexibility index (Phi) is 3.67. The SMILES string of the molecule is CCn1ccnc1C(O)C1CC(C)=CC(C)C1. The van der Waals surface area contributed by atoms with Crippen molar-refractivity contribution in [1.29, 1.82) is 0 Å². The van der Waals surface area contributed by atoms with Gasteiger partial charge in [-0.15, -0.1) is 0 Å². The van der Waals surface area contributed by atoms with Crippen molar-refractivity contribution in [1.82, 2.24) is 9.55 Å². The lowest BCUT2D eigenvalue weighted by Crippen LogP contribution is -2.22. The van der Waals surface area contributed by atoms with Gasteiger partial charge in [-0.05, 0) is 38.5 Å². The van der Waals surface area contributed by atoms with Crippen LogP contribution in [0.15, 0.2) is 24.0 Å². The minimum absolute atomic E-state index is 0.308. The number of allylic oxidation sites excluding steroid dienone is 2. The average Bonchev–Trinajstić information content (AvgIpc) is 2.74. The molecule has 1 heterocycles. The van der Waals surface area contributed by atoms with Gasteiger partial charge in [0.15, 0.2) is 0 Å². The summed E-state index contributed by atoms with van der Waals surface area (Å²) in [6.45, 7) is 7.31. The molecule has 1 aromatic heterocycles. The molecule has 0 aliphatic heterocycles. The molecule has 0 spiro atoms. The van der Waals surface area contributed by atoms with Gasteiger partial charge < -0.3 is 9.67 Å². The summed E-state index contributed by atoms with van der Waals surface area (Å²) in [5, 5.41) is 10.5. The Bertz CT molecular complexity index is 408. The van der Waals surface area contributed by atoms with Crippen LogP contribution in [0.25, 0.3) is 0 Å². The van der Waals surface area contributed by atoms with Crippen LogP contribution in [0.1, 0.15) is 45.5 Å². The fourth-order valence-electron chi connectivity index (χ4n) is 2.90. The Balaban J connectivity index is 2.15. The standard InChI is InChI=1S/C14H22N2O/c1-4-16-6-5-15-14(16)13(17)12-8-10(2)7-11(3)9-12/h5-7,10,12-13,17H,4,8-9H2,1-3H3. The maximum atomic E-state index is 10.5. The van der Waals surface area contributed by atoms with Crippen LogP contribution in [0.4, 0.5) is 0 Å². The van der Waals surface area contributed by atoms with Gasteiger partial charge in [-0.2, -0.15) is 0 Å². The Hall–Kier alpha value is -1.09. The van der Waals surface area contributed by atoms with Gasteiger partial charge in [0.25, 0.3) is 0 Å². The monoisotopic (exact) mass is 234 g/mol. The molecule has 3 atom stereocenters. The van der Waals surface area contributed by atoms with Crippen molar-refractivity contribution in [3.63, 3.8) is 0 Å². The first kappa shape index (κ1) is 12.4. The quantitative estimate of drug-likeness (QED) is 0.817. The van der Waals surface area contributed by atoms with Gasteiger partial charge in [-0.25, -0.2) is 4.98 Å². The lowest BCUT2D eigenvalue weighted by Gasteiger charge is -2.29. The molecule has 1 aliphatic carbocycles. The zero-order valence-corrected chi connectivity index (χ0v) is 10.9. The highest BCUT2D eigenvalue weighted by Gasteiger charge is 2.28. The van der Waals surface area contributed by atoms with Crippen molar-refractivity contribution in [2.75, 3.05) is 0 Å². The highest BCUT2D eigenvalue weighted by Crippen LogP contribution is 2.36. The Labute approximate surface area is 103 Å². The second-order valence-electron chi connectivity index (χ2n) is 5.21. The van der Waals surface area contributed by atoms with Crippen molar-refractivity contribution in [3.05, 3.63) is 29.9 Å². The van der Waals surface area contributed by atoms with Gasteiger partial charge in [-0.1, -0.05) is 18.6 Å². The van der Waals surface area contributed by atoms with Crippen LogP contribution in [-0.2, 0) is 6.54 Å². The summed E-state index contributed by atoms with van der Waals surface area (Å²) in [5.41, 5.74) is 1.39. The molecule has 0 radical (unpaired) electrons. The molecule has 3 unspecified atom stereocenters. The summed E-state index contributed by atoms with van der Waals surface area (Å²) in [4.78, 5) is 4.31. The molecule has 1 aliphatic rings. The summed E-state index contributed by atoms with van der Waals surface area (Å²) in [6.07, 6.45) is 7.63. The largest absolute Gasteiger partial charge is 0.385 e. The minimum Gasteiger partial charge on any atom is -0.385 e. The molecular formula is C14H22N2O. The van der Waals surface area contributed by atoms with E-state index in [0.717, 1.165) is 25.2 Å². The maximum Gasteiger partial charge on any atom is 0.137 e. The second kappa shape index (κ2) is 5.05. The van der Waals surface area contributed by atoms with E-state index in [1.54, 1.807) is 6.20 Å². The Morgan fingerprint density at radius 3 is 3.00 bits per heavy atom. The van der Waals surface area contributed by atoms with Crippen molar-refractivity contribution in [2.45, 2.75) is 46.3 Å². The van der Waals surface area contributed by atoms with Crippen LogP contribution in [0.3, 0.4) is 0 Å². The normalized spacial score (nSPS) is 26.7. The smallest absolute Gasteiger partial charge is 0.137 e. The van der Waals surface area contributed by atoms with Gasteiger partial charge in [0.1, 0.15) is 11.9 Å². The number of aromatic nitrogens is 2. The third-order valence-electron chi connectivity index (χ3n) is 3.63. The van der Waals surface area contributed by atoms with Gasteiger partial charge in [0, 0.05) is 18.9 Å². The fraction of sp³-hybridized carbons (Fsp3) is 0.643. The van der Waals surface area contributed by atoms with E-state index in [1.807, 2.05) is 10.8 Å². The summed E-state index contributed by atoms with van der Waals surface area (Å²) in [5.74, 6) is 1.69. The number of aliphatic hydroxyl groups is 1. The molecule has 0 bridgehead atoms. The molecule has 1 N–H and O–H groups in total. The number of imidazole rings is 1. The summed E-state index contributed by atoms with van der Waals surface area (Å²) >= 11 is 0. The van der Waals surface area contributed by atoms with Crippen molar-refractivity contribution in [3.8, 4) is 0 Å². The van der Waals surface area contributed by atoms with E-state index >= 15 is 0 Å². The minimum atomic E-state index is -0.434. The molecule has 94 valence electrons. The van der Waals surface area contributed by atoms with Crippen LogP contribution < -0.4 is 0 Å². The van der Waals surface area contributed by atoms with Crippen LogP contribution in [0.2, 0.25) is 0 Å². The molecule has 3 nitrogen and oxygen atoms in total. The maximum absolute atomic E-state index is 10.5. The van der Waals surface area contributed by atoms with Crippen LogP contribution in [-0.4, -0.2) is 14.7 Å². The predicted molar refractivity (Wildman–Crippen MR) is 68.5 cm³/mol. The average molecular weight is 234 g/mol. The van der Waals surface area contributed by atoms with E-state index in [9.17, 15) is 5.11 Å². The number of rotatable bonds is 3. The molecule has 2 rings (SSSR count). The van der Waals surface area contributed by atoms with Gasteiger partial charge >= 0.3 is 0 Å². The Morgan fingerprint density at radius 2 is 2.35 bits per heavy atom. The topological polar surface area (TPSA) is 38.0 Å². The second-order valence-corrected chi connectivity index (χ2v) is 5.21. The van der Waals surface area contributed by atoms with Crippen LogP contribution in [0.5, 0.6) is 0 Å². The van der Waals surface area contributed by atoms with E-state index in [4.69, 9.17) is 0 Å². The van der Waals surface area contributed by atoms with Crippen molar-refractivity contribution < 1.29 is 5.11 Å². The highest BCUT2D eigenvalue weighted by molar-refractivity contribution is 5.10. The number of hydrogen-bond donors (Lipinski definition) is 1. The van der Waals surface area contributed by atoms with Gasteiger partial charge in [-0.3, -0.25) is 0 Å². The van der Waals surface area contributed by atoms with Crippen LogP contribution >= 0.6 is 0 Å². The summed E-state index contributed by atoms with van der Waals surface area (Å²) in [7, 11) is 0. The van der Waals surface area contributed by atoms with E-state index in [2.05, 4.69) is 31.8 Å². The van der Waals surface area contributed by atoms with Gasteiger partial charge in [0.2, 0.25) is 0 Å². The van der Waals surface area contributed by atoms with E-state index in [1.165, 1.54) is 5.57 Å². The molecule has 1 aromatic rings. The molecule has 0 saturated carbocycles. The predicted octanol–water partition coefficient (Wildman–Crippen LogP) is 2.93. The fourth-order valence-corrected chi connectivity index (χ4v) is 2.90. The zero-order chi connectivity index (χ0) is 12.4. The van der Waals surface area contributed by atoms with Crippen molar-refractivity contribution >= 4 is 0 Å². The molecule has 0 aromatic carbocycles. The first-order valence-electron chi connectivity index (χ1n) is 6.48. The van der Waals surface area contributed by atoms with E-state index in [0.29, 0.717) is 11.8 Å². The number of aliphatic hydroxyl groups excluding tert-OH is 1. The third kappa shape index (κ3) is 2.60. The van der Waals surface area contributed by atoms with Crippen molar-refractivity contribution in [2.24, 2.45) is 11.8 Å². The lowest BCUT2D eigenvalue weighted by molar-refractivity contribution is 0.0820. The zero-order valence-electron chi connectivity index (χ0n) is 10.9. The molecule has 0 fully saturated rings. The van der Waals surface area contributed by atoms with Gasteiger partial charge in [0.05, 0.1) is 0 Å². The van der Waals surface area contributed by atoms with E-state index in [-0.39, 0.29) is 0 Å². The summed E-state index contributed by atoms with van der Waals surface area (Å²) in [6, 6.07) is 0. The molecule has 0 amide bonds. The lowest BCUT2D eigenvalue weighted by atomic mass is 9.80. The Morgan fingerprint density at radius 1 is 1.59 bits per heavy atom. The number of nitrogens with zero attached hydrogens (tertiary/aromatic N) is 2. The number of aryl methyl sites for hydroxylation is 1. The van der Waals surface area contributed by atoms with Crippen LogP contribution in [0, 0.1) is 11.8 Å². The number of hydrogen-bond acceptors (Lipinski definition) is 2.